The van der Waals surface area contributed by atoms with Crippen LogP contribution < -0.4 is 0 Å². The number of hydrogen-bond donors (Lipinski definition) is 0. The van der Waals surface area contributed by atoms with Crippen molar-refractivity contribution >= 4 is 5.69 Å². The van der Waals surface area contributed by atoms with E-state index in [1.54, 1.807) is 12.1 Å². The molecular weight excluding hydrogens is 326 g/mol. The number of nitro benzene ring substituents is 1. The molecule has 1 aliphatic heterocycles. The van der Waals surface area contributed by atoms with Crippen molar-refractivity contribution in [1.29, 1.82) is 0 Å². The molecule has 0 radical (unpaired) electrons. The molecule has 138 valence electrons. The van der Waals surface area contributed by atoms with Crippen LogP contribution in [0.15, 0.2) is 54.6 Å². The topological polar surface area (TPSA) is 49.6 Å². The summed E-state index contributed by atoms with van der Waals surface area (Å²) < 4.78 is 0. The van der Waals surface area contributed by atoms with Crippen LogP contribution in [0.4, 0.5) is 5.69 Å². The molecule has 0 bridgehead atoms. The summed E-state index contributed by atoms with van der Waals surface area (Å²) in [6, 6.07) is 18.1. The summed E-state index contributed by atoms with van der Waals surface area (Å²) in [6.07, 6.45) is 1.15. The summed E-state index contributed by atoms with van der Waals surface area (Å²) in [4.78, 5) is 15.4. The highest BCUT2D eigenvalue weighted by atomic mass is 16.6. The van der Waals surface area contributed by atoms with Crippen molar-refractivity contribution in [2.45, 2.75) is 32.5 Å². The lowest BCUT2D eigenvalue weighted by Gasteiger charge is -2.41. The van der Waals surface area contributed by atoms with Gasteiger partial charge in [0.2, 0.25) is 0 Å². The lowest BCUT2D eigenvalue weighted by atomic mass is 9.92. The molecule has 3 rings (SSSR count). The largest absolute Gasteiger partial charge is 0.299 e. The Labute approximate surface area is 155 Å². The van der Waals surface area contributed by atoms with Crippen molar-refractivity contribution in [1.82, 2.24) is 9.80 Å². The van der Waals surface area contributed by atoms with Crippen LogP contribution in [0.2, 0.25) is 0 Å². The van der Waals surface area contributed by atoms with Crippen LogP contribution in [0.1, 0.15) is 24.5 Å². The van der Waals surface area contributed by atoms with Crippen LogP contribution in [0.5, 0.6) is 0 Å². The molecule has 1 aliphatic rings. The van der Waals surface area contributed by atoms with Gasteiger partial charge in [-0.2, -0.15) is 0 Å². The highest BCUT2D eigenvalue weighted by molar-refractivity contribution is 5.32. The first kappa shape index (κ1) is 18.5. The Balaban J connectivity index is 1.54. The van der Waals surface area contributed by atoms with Gasteiger partial charge in [-0.15, -0.1) is 0 Å². The lowest BCUT2D eigenvalue weighted by molar-refractivity contribution is -0.384. The molecule has 5 heteroatoms. The molecule has 0 spiro atoms. The number of benzene rings is 2. The minimum Gasteiger partial charge on any atom is -0.299 e. The predicted octanol–water partition coefficient (Wildman–Crippen LogP) is 3.94. The van der Waals surface area contributed by atoms with Gasteiger partial charge in [0.05, 0.1) is 4.92 Å². The van der Waals surface area contributed by atoms with Crippen molar-refractivity contribution in [3.05, 3.63) is 75.8 Å². The van der Waals surface area contributed by atoms with Crippen LogP contribution in [-0.2, 0) is 13.1 Å². The number of nitrogens with zero attached hydrogens (tertiary/aromatic N) is 3. The summed E-state index contributed by atoms with van der Waals surface area (Å²) in [7, 11) is 2.16. The Morgan fingerprint density at radius 1 is 1.12 bits per heavy atom. The highest BCUT2D eigenvalue weighted by Crippen LogP contribution is 2.24. The molecule has 0 aliphatic carbocycles. The number of likely N-dealkylation sites (tertiary alicyclic amines) is 1. The van der Waals surface area contributed by atoms with E-state index in [1.165, 1.54) is 5.56 Å². The maximum absolute atomic E-state index is 10.8. The van der Waals surface area contributed by atoms with Gasteiger partial charge in [0, 0.05) is 37.8 Å². The molecule has 2 aromatic carbocycles. The quantitative estimate of drug-likeness (QED) is 0.583. The first-order chi connectivity index (χ1) is 12.5. The number of rotatable bonds is 6. The van der Waals surface area contributed by atoms with Crippen LogP contribution >= 0.6 is 0 Å². The Kier molecular flexibility index (Phi) is 6.01. The van der Waals surface area contributed by atoms with Gasteiger partial charge in [-0.05, 0) is 37.1 Å². The molecular formula is C21H27N3O2. The van der Waals surface area contributed by atoms with Crippen molar-refractivity contribution in [2.75, 3.05) is 20.1 Å². The van der Waals surface area contributed by atoms with Gasteiger partial charge in [-0.3, -0.25) is 19.9 Å². The zero-order valence-corrected chi connectivity index (χ0v) is 15.5. The first-order valence-corrected chi connectivity index (χ1v) is 9.23. The summed E-state index contributed by atoms with van der Waals surface area (Å²) >= 11 is 0. The van der Waals surface area contributed by atoms with Crippen LogP contribution in [-0.4, -0.2) is 40.9 Å². The van der Waals surface area contributed by atoms with E-state index >= 15 is 0 Å². The minimum absolute atomic E-state index is 0.152. The molecule has 1 heterocycles. The van der Waals surface area contributed by atoms with Crippen LogP contribution in [0.25, 0.3) is 0 Å². The molecule has 0 N–H and O–H groups in total. The molecule has 1 saturated heterocycles. The van der Waals surface area contributed by atoms with Gasteiger partial charge in [0.15, 0.2) is 0 Å². The van der Waals surface area contributed by atoms with Gasteiger partial charge >= 0.3 is 0 Å². The smallest absolute Gasteiger partial charge is 0.269 e. The number of piperidine rings is 1. The SMILES string of the molecule is CC1CN(Cc2ccccc2)CCC1N(C)Cc1ccc([N+](=O)[O-])cc1. The summed E-state index contributed by atoms with van der Waals surface area (Å²) in [6.45, 7) is 6.38. The van der Waals surface area contributed by atoms with Gasteiger partial charge in [0.1, 0.15) is 0 Å². The zero-order chi connectivity index (χ0) is 18.5. The average molecular weight is 353 g/mol. The van der Waals surface area contributed by atoms with Crippen molar-refractivity contribution in [3.8, 4) is 0 Å². The average Bonchev–Trinajstić information content (AvgIpc) is 2.63. The number of hydrogen-bond acceptors (Lipinski definition) is 4. The van der Waals surface area contributed by atoms with E-state index < -0.39 is 0 Å². The molecule has 0 amide bonds. The Bertz CT molecular complexity index is 718. The van der Waals surface area contributed by atoms with E-state index in [-0.39, 0.29) is 10.6 Å². The summed E-state index contributed by atoms with van der Waals surface area (Å²) in [5.74, 6) is 0.593. The van der Waals surface area contributed by atoms with Gasteiger partial charge in [-0.1, -0.05) is 49.4 Å². The molecule has 26 heavy (non-hydrogen) atoms. The summed E-state index contributed by atoms with van der Waals surface area (Å²) in [5, 5.41) is 10.8. The monoisotopic (exact) mass is 353 g/mol. The van der Waals surface area contributed by atoms with Crippen molar-refractivity contribution < 1.29 is 4.92 Å². The molecule has 5 nitrogen and oxygen atoms in total. The molecule has 2 unspecified atom stereocenters. The Morgan fingerprint density at radius 2 is 1.81 bits per heavy atom. The van der Waals surface area contributed by atoms with Crippen LogP contribution in [0, 0.1) is 16.0 Å². The van der Waals surface area contributed by atoms with E-state index in [4.69, 9.17) is 0 Å². The van der Waals surface area contributed by atoms with Crippen molar-refractivity contribution in [3.63, 3.8) is 0 Å². The fraction of sp³-hybridized carbons (Fsp3) is 0.429. The second-order valence-electron chi connectivity index (χ2n) is 7.39. The molecule has 2 atom stereocenters. The second-order valence-corrected chi connectivity index (χ2v) is 7.39. The van der Waals surface area contributed by atoms with Gasteiger partial charge in [0.25, 0.3) is 5.69 Å². The lowest BCUT2D eigenvalue weighted by Crippen LogP contribution is -2.48. The van der Waals surface area contributed by atoms with Gasteiger partial charge < -0.3 is 0 Å². The minimum atomic E-state index is -0.349. The predicted molar refractivity (Wildman–Crippen MR) is 104 cm³/mol. The highest BCUT2D eigenvalue weighted by Gasteiger charge is 2.28. The van der Waals surface area contributed by atoms with E-state index in [9.17, 15) is 10.1 Å². The first-order valence-electron chi connectivity index (χ1n) is 9.23. The van der Waals surface area contributed by atoms with Gasteiger partial charge in [-0.25, -0.2) is 0 Å². The Morgan fingerprint density at radius 3 is 2.42 bits per heavy atom. The third-order valence-corrected chi connectivity index (χ3v) is 5.34. The fourth-order valence-corrected chi connectivity index (χ4v) is 3.99. The molecule has 0 saturated carbocycles. The maximum Gasteiger partial charge on any atom is 0.269 e. The number of non-ortho nitro benzene ring substituents is 1. The second kappa shape index (κ2) is 8.43. The summed E-state index contributed by atoms with van der Waals surface area (Å²) in [5.41, 5.74) is 2.65. The third kappa shape index (κ3) is 4.68. The third-order valence-electron chi connectivity index (χ3n) is 5.34. The number of nitro groups is 1. The van der Waals surface area contributed by atoms with E-state index in [0.29, 0.717) is 12.0 Å². The van der Waals surface area contributed by atoms with Crippen LogP contribution in [0.3, 0.4) is 0 Å². The van der Waals surface area contributed by atoms with E-state index in [0.717, 1.165) is 38.2 Å². The Hall–Kier alpha value is -2.24. The molecule has 1 fully saturated rings. The van der Waals surface area contributed by atoms with Crippen molar-refractivity contribution in [2.24, 2.45) is 5.92 Å². The zero-order valence-electron chi connectivity index (χ0n) is 15.5. The normalized spacial score (nSPS) is 21.0. The fourth-order valence-electron chi connectivity index (χ4n) is 3.99. The van der Waals surface area contributed by atoms with E-state index in [1.807, 2.05) is 12.1 Å². The van der Waals surface area contributed by atoms with E-state index in [2.05, 4.69) is 54.1 Å². The molecule has 0 aromatic heterocycles. The standard InChI is InChI=1S/C21H27N3O2/c1-17-14-23(16-18-6-4-3-5-7-18)13-12-21(17)22(2)15-19-8-10-20(11-9-19)24(25)26/h3-11,17,21H,12-16H2,1-2H3. The maximum atomic E-state index is 10.8. The molecule has 2 aromatic rings.